The van der Waals surface area contributed by atoms with Crippen molar-refractivity contribution in [3.8, 4) is 0 Å². The Morgan fingerprint density at radius 1 is 1.02 bits per heavy atom. The van der Waals surface area contributed by atoms with Gasteiger partial charge in [-0.3, -0.25) is 9.59 Å². The number of carbonyl (C=O) groups excluding carboxylic acids is 3. The predicted molar refractivity (Wildman–Crippen MR) is 170 cm³/mol. The third kappa shape index (κ3) is 8.66. The summed E-state index contributed by atoms with van der Waals surface area (Å²) in [4.78, 5) is 41.7. The Kier molecular flexibility index (Phi) is 11.0. The number of ether oxygens (including phenoxy) is 1. The highest BCUT2D eigenvalue weighted by molar-refractivity contribution is 6.30. The van der Waals surface area contributed by atoms with Gasteiger partial charge in [-0.25, -0.2) is 4.79 Å². The van der Waals surface area contributed by atoms with Gasteiger partial charge in [0.15, 0.2) is 0 Å². The van der Waals surface area contributed by atoms with Gasteiger partial charge in [-0.2, -0.15) is 0 Å². The van der Waals surface area contributed by atoms with Crippen molar-refractivity contribution in [3.63, 3.8) is 0 Å². The number of rotatable bonds is 11. The van der Waals surface area contributed by atoms with Crippen LogP contribution in [0.5, 0.6) is 0 Å². The number of halogens is 1. The van der Waals surface area contributed by atoms with E-state index in [0.29, 0.717) is 30.2 Å². The highest BCUT2D eigenvalue weighted by Crippen LogP contribution is 2.37. The predicted octanol–water partition coefficient (Wildman–Crippen LogP) is 4.95. The number of amides is 3. The maximum absolute atomic E-state index is 13.5. The Balaban J connectivity index is 1.16. The van der Waals surface area contributed by atoms with Gasteiger partial charge in [0.1, 0.15) is 12.6 Å². The number of alkyl carbamates (subject to hydrolysis) is 1. The fourth-order valence-electron chi connectivity index (χ4n) is 7.10. The lowest BCUT2D eigenvalue weighted by Crippen LogP contribution is -2.51. The Labute approximate surface area is 265 Å². The highest BCUT2D eigenvalue weighted by atomic mass is 35.5. The van der Waals surface area contributed by atoms with Gasteiger partial charge in [0.25, 0.3) is 0 Å². The van der Waals surface area contributed by atoms with Gasteiger partial charge < -0.3 is 30.7 Å². The molecule has 4 N–H and O–H groups in total. The molecule has 2 aromatic carbocycles. The maximum Gasteiger partial charge on any atom is 0.408 e. The standard InChI is InChI=1S/C34H45ClN4O5/c35-27-11-7-10-25(18-27)23-44-33(43)37-30(19-24-8-3-1-4-9-24)32(42)36-28(22-40)20-26-21-34(38-31(26)41)14-16-39(17-15-34)29-12-5-2-6-13-29/h2,5-7,10-13,18,24,26,28,30,40H,1,3-4,8-9,14-17,19-23H2,(H,36,42)(H,37,43)(H,38,41)/t26?,28?,30-/m0/s1. The van der Waals surface area contributed by atoms with Crippen LogP contribution in [0.1, 0.15) is 69.8 Å². The number of para-hydroxylation sites is 1. The first kappa shape index (κ1) is 32.1. The molecular weight excluding hydrogens is 580 g/mol. The Hall–Kier alpha value is -3.30. The average molecular weight is 625 g/mol. The van der Waals surface area contributed by atoms with Gasteiger partial charge in [0, 0.05) is 35.3 Å². The van der Waals surface area contributed by atoms with E-state index in [1.54, 1.807) is 18.2 Å². The molecule has 1 saturated carbocycles. The molecule has 3 fully saturated rings. The number of carbonyl (C=O) groups is 3. The van der Waals surface area contributed by atoms with Gasteiger partial charge in [-0.15, -0.1) is 0 Å². The minimum absolute atomic E-state index is 0.0210. The quantitative estimate of drug-likeness (QED) is 0.281. The lowest BCUT2D eigenvalue weighted by atomic mass is 9.82. The zero-order valence-electron chi connectivity index (χ0n) is 25.3. The van der Waals surface area contributed by atoms with Gasteiger partial charge in [-0.05, 0) is 67.9 Å². The molecule has 2 aromatic rings. The minimum Gasteiger partial charge on any atom is -0.445 e. The Bertz CT molecular complexity index is 1260. The lowest BCUT2D eigenvalue weighted by Gasteiger charge is -2.40. The summed E-state index contributed by atoms with van der Waals surface area (Å²) in [5.74, 6) is -0.364. The summed E-state index contributed by atoms with van der Waals surface area (Å²) in [6.45, 7) is 1.46. The monoisotopic (exact) mass is 624 g/mol. The van der Waals surface area contributed by atoms with E-state index in [1.165, 1.54) is 12.1 Å². The number of nitrogens with zero attached hydrogens (tertiary/aromatic N) is 1. The molecule has 44 heavy (non-hydrogen) atoms. The molecule has 3 atom stereocenters. The number of anilines is 1. The van der Waals surface area contributed by atoms with Crippen LogP contribution >= 0.6 is 11.6 Å². The van der Waals surface area contributed by atoms with Gasteiger partial charge in [0.05, 0.1) is 12.6 Å². The Morgan fingerprint density at radius 2 is 1.77 bits per heavy atom. The molecule has 0 radical (unpaired) electrons. The maximum atomic E-state index is 13.5. The van der Waals surface area contributed by atoms with Crippen molar-refractivity contribution < 1.29 is 24.2 Å². The van der Waals surface area contributed by atoms with Gasteiger partial charge in [0.2, 0.25) is 11.8 Å². The van der Waals surface area contributed by atoms with Crippen LogP contribution in [-0.4, -0.2) is 60.3 Å². The van der Waals surface area contributed by atoms with E-state index in [1.807, 2.05) is 24.3 Å². The van der Waals surface area contributed by atoms with Crippen LogP contribution in [0.3, 0.4) is 0 Å². The summed E-state index contributed by atoms with van der Waals surface area (Å²) < 4.78 is 5.41. The van der Waals surface area contributed by atoms with E-state index >= 15 is 0 Å². The van der Waals surface area contributed by atoms with Crippen molar-refractivity contribution in [1.82, 2.24) is 16.0 Å². The zero-order valence-corrected chi connectivity index (χ0v) is 26.1. The van der Waals surface area contributed by atoms with Gasteiger partial charge >= 0.3 is 6.09 Å². The molecule has 2 unspecified atom stereocenters. The fourth-order valence-corrected chi connectivity index (χ4v) is 7.31. The molecule has 1 aliphatic carbocycles. The Morgan fingerprint density at radius 3 is 2.48 bits per heavy atom. The first-order chi connectivity index (χ1) is 21.3. The summed E-state index contributed by atoms with van der Waals surface area (Å²) in [7, 11) is 0. The molecular formula is C34H45ClN4O5. The third-order valence-corrected chi connectivity index (χ3v) is 9.77. The van der Waals surface area contributed by atoms with Crippen molar-refractivity contribution in [2.75, 3.05) is 24.6 Å². The first-order valence-corrected chi connectivity index (χ1v) is 16.4. The normalized spacial score (nSPS) is 21.4. The largest absolute Gasteiger partial charge is 0.445 e. The molecule has 3 aliphatic rings. The third-order valence-electron chi connectivity index (χ3n) is 9.54. The molecule has 2 heterocycles. The number of aliphatic hydroxyl groups excluding tert-OH is 1. The summed E-state index contributed by atoms with van der Waals surface area (Å²) in [6.07, 6.45) is 7.98. The lowest BCUT2D eigenvalue weighted by molar-refractivity contribution is -0.126. The first-order valence-electron chi connectivity index (χ1n) is 16.0. The van der Waals surface area contributed by atoms with Crippen LogP contribution in [0.15, 0.2) is 54.6 Å². The molecule has 9 nitrogen and oxygen atoms in total. The van der Waals surface area contributed by atoms with Crippen molar-refractivity contribution in [2.45, 2.75) is 88.4 Å². The van der Waals surface area contributed by atoms with E-state index in [4.69, 9.17) is 16.3 Å². The average Bonchev–Trinajstić information content (AvgIpc) is 3.34. The van der Waals surface area contributed by atoms with E-state index in [2.05, 4.69) is 33.0 Å². The SMILES string of the molecule is O=C(N[C@@H](CC1CCCCC1)C(=O)NC(CO)CC1CC2(CCN(c3ccccc3)CC2)NC1=O)OCc1cccc(Cl)c1. The highest BCUT2D eigenvalue weighted by Gasteiger charge is 2.46. The molecule has 0 bridgehead atoms. The second-order valence-electron chi connectivity index (χ2n) is 12.8. The molecule has 3 amide bonds. The van der Waals surface area contributed by atoms with Crippen LogP contribution < -0.4 is 20.9 Å². The number of benzene rings is 2. The molecule has 10 heteroatoms. The molecule has 2 aliphatic heterocycles. The van der Waals surface area contributed by atoms with Gasteiger partial charge in [-0.1, -0.05) is 74.0 Å². The van der Waals surface area contributed by atoms with Crippen LogP contribution in [0.25, 0.3) is 0 Å². The second kappa shape index (κ2) is 15.1. The van der Waals surface area contributed by atoms with Crippen molar-refractivity contribution in [2.24, 2.45) is 11.8 Å². The molecule has 238 valence electrons. The molecule has 2 saturated heterocycles. The number of hydrogen-bond acceptors (Lipinski definition) is 6. The second-order valence-corrected chi connectivity index (χ2v) is 13.2. The molecule has 1 spiro atoms. The number of piperidine rings is 1. The topological polar surface area (TPSA) is 120 Å². The zero-order chi connectivity index (χ0) is 30.9. The smallest absolute Gasteiger partial charge is 0.408 e. The minimum atomic E-state index is -0.801. The fraction of sp³-hybridized carbons (Fsp3) is 0.559. The van der Waals surface area contributed by atoms with E-state index in [0.717, 1.165) is 57.2 Å². The summed E-state index contributed by atoms with van der Waals surface area (Å²) in [5.41, 5.74) is 1.69. The van der Waals surface area contributed by atoms with Crippen LogP contribution in [0.2, 0.25) is 5.02 Å². The van der Waals surface area contributed by atoms with Crippen LogP contribution in [0.4, 0.5) is 10.5 Å². The van der Waals surface area contributed by atoms with E-state index < -0.39 is 18.2 Å². The van der Waals surface area contributed by atoms with E-state index in [-0.39, 0.29) is 36.5 Å². The molecule has 0 aromatic heterocycles. The summed E-state index contributed by atoms with van der Waals surface area (Å²) in [6, 6.07) is 16.0. The van der Waals surface area contributed by atoms with Crippen LogP contribution in [-0.2, 0) is 20.9 Å². The van der Waals surface area contributed by atoms with Crippen molar-refractivity contribution >= 4 is 35.2 Å². The summed E-state index contributed by atoms with van der Waals surface area (Å²) in [5, 5.41) is 19.8. The number of hydrogen-bond donors (Lipinski definition) is 4. The summed E-state index contributed by atoms with van der Waals surface area (Å²) >= 11 is 6.04. The number of nitrogens with one attached hydrogen (secondary N) is 3. The van der Waals surface area contributed by atoms with Crippen LogP contribution in [0, 0.1) is 11.8 Å². The van der Waals surface area contributed by atoms with Crippen molar-refractivity contribution in [1.29, 1.82) is 0 Å². The van der Waals surface area contributed by atoms with E-state index in [9.17, 15) is 19.5 Å². The number of aliphatic hydroxyl groups is 1. The van der Waals surface area contributed by atoms with Crippen molar-refractivity contribution in [3.05, 3.63) is 65.2 Å². The molecule has 5 rings (SSSR count).